The number of piperazine rings is 1. The number of benzene rings is 2. The fraction of sp³-hybridized carbons (Fsp3) is 0.435. The molecule has 0 aliphatic carbocycles. The van der Waals surface area contributed by atoms with Gasteiger partial charge in [0.25, 0.3) is 0 Å². The van der Waals surface area contributed by atoms with E-state index in [2.05, 4.69) is 6.92 Å². The van der Waals surface area contributed by atoms with Crippen LogP contribution in [-0.4, -0.2) is 56.8 Å². The normalized spacial score (nSPS) is 15.2. The third-order valence-electron chi connectivity index (χ3n) is 5.48. The van der Waals surface area contributed by atoms with Crippen molar-refractivity contribution < 1.29 is 17.9 Å². The molecule has 2 aromatic rings. The van der Waals surface area contributed by atoms with Gasteiger partial charge in [-0.1, -0.05) is 37.6 Å². The van der Waals surface area contributed by atoms with Crippen molar-refractivity contribution in [1.29, 1.82) is 0 Å². The van der Waals surface area contributed by atoms with Gasteiger partial charge in [-0.25, -0.2) is 8.42 Å². The molecule has 1 saturated heterocycles. The molecule has 0 unspecified atom stereocenters. The lowest BCUT2D eigenvalue weighted by molar-refractivity contribution is -0.132. The molecule has 0 saturated carbocycles. The summed E-state index contributed by atoms with van der Waals surface area (Å²) in [7, 11) is -1.90. The topological polar surface area (TPSA) is 66.9 Å². The number of sulfonamides is 1. The highest BCUT2D eigenvalue weighted by molar-refractivity contribution is 7.89. The number of amides is 1. The number of rotatable bonds is 8. The van der Waals surface area contributed by atoms with E-state index in [-0.39, 0.29) is 5.91 Å². The molecule has 0 aromatic heterocycles. The molecule has 1 aliphatic rings. The van der Waals surface area contributed by atoms with Crippen LogP contribution in [0.4, 0.5) is 0 Å². The number of aryl methyl sites for hydroxylation is 2. The van der Waals surface area contributed by atoms with Crippen LogP contribution < -0.4 is 4.74 Å². The van der Waals surface area contributed by atoms with Crippen molar-refractivity contribution in [2.75, 3.05) is 33.3 Å². The molecule has 0 N–H and O–H groups in total. The Morgan fingerprint density at radius 2 is 1.47 bits per heavy atom. The molecular weight excluding hydrogens is 400 g/mol. The predicted molar refractivity (Wildman–Crippen MR) is 117 cm³/mol. The summed E-state index contributed by atoms with van der Waals surface area (Å²) < 4.78 is 32.4. The van der Waals surface area contributed by atoms with E-state index >= 15 is 0 Å². The van der Waals surface area contributed by atoms with Gasteiger partial charge < -0.3 is 9.64 Å². The summed E-state index contributed by atoms with van der Waals surface area (Å²) in [6.45, 7) is 3.60. The van der Waals surface area contributed by atoms with Crippen molar-refractivity contribution >= 4 is 15.9 Å². The molecule has 1 amide bonds. The second-order valence-corrected chi connectivity index (χ2v) is 9.46. The average Bonchev–Trinajstić information content (AvgIpc) is 2.78. The number of carbonyl (C=O) groups is 1. The van der Waals surface area contributed by atoms with E-state index in [9.17, 15) is 13.2 Å². The number of ether oxygens (including phenoxy) is 1. The van der Waals surface area contributed by atoms with Crippen LogP contribution in [0.1, 0.15) is 30.9 Å². The summed E-state index contributed by atoms with van der Waals surface area (Å²) >= 11 is 0. The standard InChI is InChI=1S/C23H30N2O4S/c1-3-4-19-7-12-22(13-8-19)30(27,28)25-17-15-24(16-18-25)23(26)14-9-20-5-10-21(29-2)11-6-20/h5-8,10-13H,3-4,9,14-18H2,1-2H3. The average molecular weight is 431 g/mol. The zero-order valence-electron chi connectivity index (χ0n) is 17.7. The van der Waals surface area contributed by atoms with Gasteiger partial charge in [0.1, 0.15) is 5.75 Å². The molecule has 3 rings (SSSR count). The fourth-order valence-corrected chi connectivity index (χ4v) is 5.07. The number of hydrogen-bond acceptors (Lipinski definition) is 4. The van der Waals surface area contributed by atoms with E-state index in [1.54, 1.807) is 24.1 Å². The summed E-state index contributed by atoms with van der Waals surface area (Å²) in [5.74, 6) is 0.856. The number of hydrogen-bond donors (Lipinski definition) is 0. The van der Waals surface area contributed by atoms with Gasteiger partial charge in [-0.15, -0.1) is 0 Å². The Balaban J connectivity index is 1.52. The number of nitrogens with zero attached hydrogens (tertiary/aromatic N) is 2. The minimum Gasteiger partial charge on any atom is -0.497 e. The molecular formula is C23H30N2O4S. The number of methoxy groups -OCH3 is 1. The van der Waals surface area contributed by atoms with Crippen LogP contribution in [0.5, 0.6) is 5.75 Å². The van der Waals surface area contributed by atoms with Crippen molar-refractivity contribution in [3.05, 3.63) is 59.7 Å². The highest BCUT2D eigenvalue weighted by Crippen LogP contribution is 2.19. The first-order valence-corrected chi connectivity index (χ1v) is 11.9. The molecule has 1 aliphatic heterocycles. The lowest BCUT2D eigenvalue weighted by Crippen LogP contribution is -2.50. The summed E-state index contributed by atoms with van der Waals surface area (Å²) in [4.78, 5) is 14.6. The smallest absolute Gasteiger partial charge is 0.243 e. The van der Waals surface area contributed by atoms with Crippen LogP contribution in [0.25, 0.3) is 0 Å². The highest BCUT2D eigenvalue weighted by atomic mass is 32.2. The first kappa shape index (κ1) is 22.3. The van der Waals surface area contributed by atoms with Gasteiger partial charge in [-0.2, -0.15) is 4.31 Å². The van der Waals surface area contributed by atoms with E-state index in [0.29, 0.717) is 43.9 Å². The van der Waals surface area contributed by atoms with Crippen molar-refractivity contribution in [1.82, 2.24) is 9.21 Å². The van der Waals surface area contributed by atoms with Gasteiger partial charge in [-0.05, 0) is 48.2 Å². The molecule has 162 valence electrons. The molecule has 1 heterocycles. The maximum atomic E-state index is 12.9. The first-order chi connectivity index (χ1) is 14.4. The lowest BCUT2D eigenvalue weighted by Gasteiger charge is -2.34. The Labute approximate surface area is 179 Å². The van der Waals surface area contributed by atoms with E-state index in [4.69, 9.17) is 4.74 Å². The van der Waals surface area contributed by atoms with Gasteiger partial charge in [0, 0.05) is 32.6 Å². The second kappa shape index (κ2) is 10.1. The van der Waals surface area contributed by atoms with Gasteiger partial charge in [0.15, 0.2) is 0 Å². The number of carbonyl (C=O) groups excluding carboxylic acids is 1. The molecule has 1 fully saturated rings. The molecule has 0 spiro atoms. The van der Waals surface area contributed by atoms with Gasteiger partial charge in [0.2, 0.25) is 15.9 Å². The maximum Gasteiger partial charge on any atom is 0.243 e. The molecule has 0 atom stereocenters. The molecule has 30 heavy (non-hydrogen) atoms. The highest BCUT2D eigenvalue weighted by Gasteiger charge is 2.29. The zero-order valence-corrected chi connectivity index (χ0v) is 18.5. The largest absolute Gasteiger partial charge is 0.497 e. The Kier molecular flexibility index (Phi) is 7.50. The van der Waals surface area contributed by atoms with Crippen LogP contribution >= 0.6 is 0 Å². The van der Waals surface area contributed by atoms with E-state index in [1.165, 1.54) is 4.31 Å². The summed E-state index contributed by atoms with van der Waals surface area (Å²) in [6, 6.07) is 14.8. The summed E-state index contributed by atoms with van der Waals surface area (Å²) in [6.07, 6.45) is 3.04. The van der Waals surface area contributed by atoms with E-state index < -0.39 is 10.0 Å². The Morgan fingerprint density at radius 1 is 0.900 bits per heavy atom. The quantitative estimate of drug-likeness (QED) is 0.645. The van der Waals surface area contributed by atoms with Gasteiger partial charge in [0.05, 0.1) is 12.0 Å². The molecule has 2 aromatic carbocycles. The van der Waals surface area contributed by atoms with Crippen LogP contribution in [0, 0.1) is 0 Å². The van der Waals surface area contributed by atoms with Gasteiger partial charge >= 0.3 is 0 Å². The molecule has 6 nitrogen and oxygen atoms in total. The lowest BCUT2D eigenvalue weighted by atomic mass is 10.1. The van der Waals surface area contributed by atoms with Crippen LogP contribution in [0.2, 0.25) is 0 Å². The minimum absolute atomic E-state index is 0.0618. The summed E-state index contributed by atoms with van der Waals surface area (Å²) in [5, 5.41) is 0. The monoisotopic (exact) mass is 430 g/mol. The fourth-order valence-electron chi connectivity index (χ4n) is 3.65. The Bertz CT molecular complexity index is 932. The van der Waals surface area contributed by atoms with Crippen molar-refractivity contribution in [2.24, 2.45) is 0 Å². The van der Waals surface area contributed by atoms with Crippen molar-refractivity contribution in [3.63, 3.8) is 0 Å². The Morgan fingerprint density at radius 3 is 2.03 bits per heavy atom. The predicted octanol–water partition coefficient (Wildman–Crippen LogP) is 3.11. The summed E-state index contributed by atoms with van der Waals surface area (Å²) in [5.41, 5.74) is 2.22. The first-order valence-electron chi connectivity index (χ1n) is 10.4. The maximum absolute atomic E-state index is 12.9. The van der Waals surface area contributed by atoms with E-state index in [1.807, 2.05) is 36.4 Å². The van der Waals surface area contributed by atoms with Crippen LogP contribution in [-0.2, 0) is 27.7 Å². The minimum atomic E-state index is -3.52. The van der Waals surface area contributed by atoms with Crippen molar-refractivity contribution in [3.8, 4) is 5.75 Å². The van der Waals surface area contributed by atoms with Crippen molar-refractivity contribution in [2.45, 2.75) is 37.5 Å². The molecule has 0 bridgehead atoms. The molecule has 0 radical (unpaired) electrons. The van der Waals surface area contributed by atoms with Crippen LogP contribution in [0.3, 0.4) is 0 Å². The second-order valence-electron chi connectivity index (χ2n) is 7.53. The zero-order chi connectivity index (χ0) is 21.6. The SMILES string of the molecule is CCCc1ccc(S(=O)(=O)N2CCN(C(=O)CCc3ccc(OC)cc3)CC2)cc1. The van der Waals surface area contributed by atoms with Crippen LogP contribution in [0.15, 0.2) is 53.4 Å². The Hall–Kier alpha value is -2.38. The third-order valence-corrected chi connectivity index (χ3v) is 7.39. The van der Waals surface area contributed by atoms with E-state index in [0.717, 1.165) is 29.7 Å². The third kappa shape index (κ3) is 5.40. The van der Waals surface area contributed by atoms with Gasteiger partial charge in [-0.3, -0.25) is 4.79 Å². The molecule has 7 heteroatoms.